The van der Waals surface area contributed by atoms with Crippen LogP contribution in [0.3, 0.4) is 0 Å². The predicted octanol–water partition coefficient (Wildman–Crippen LogP) is 2.86. The number of benzene rings is 1. The van der Waals surface area contributed by atoms with Gasteiger partial charge in [0, 0.05) is 30.0 Å². The lowest BCUT2D eigenvalue weighted by molar-refractivity contribution is -0.123. The number of rotatable bonds is 5. The molecule has 0 radical (unpaired) electrons. The van der Waals surface area contributed by atoms with E-state index in [0.29, 0.717) is 36.7 Å². The average molecular weight is 427 g/mol. The number of aromatic nitrogens is 2. The van der Waals surface area contributed by atoms with Crippen molar-refractivity contribution in [2.45, 2.75) is 45.6 Å². The monoisotopic (exact) mass is 427 g/mol. The lowest BCUT2D eigenvalue weighted by Crippen LogP contribution is -2.44. The van der Waals surface area contributed by atoms with Crippen molar-refractivity contribution in [3.8, 4) is 0 Å². The molecule has 2 aliphatic heterocycles. The van der Waals surface area contributed by atoms with Crippen molar-refractivity contribution >= 4 is 29.3 Å². The van der Waals surface area contributed by atoms with Crippen molar-refractivity contribution in [3.63, 3.8) is 0 Å². The molecule has 31 heavy (non-hydrogen) atoms. The largest absolute Gasteiger partial charge is 0.379 e. The van der Waals surface area contributed by atoms with Gasteiger partial charge in [-0.05, 0) is 50.3 Å². The van der Waals surface area contributed by atoms with Crippen molar-refractivity contribution in [2.75, 3.05) is 23.4 Å². The Morgan fingerprint density at radius 2 is 2.19 bits per heavy atom. The van der Waals surface area contributed by atoms with E-state index >= 15 is 0 Å². The molecule has 2 unspecified atom stereocenters. The summed E-state index contributed by atoms with van der Waals surface area (Å²) in [7, 11) is 0. The molecule has 9 heteroatoms. The van der Waals surface area contributed by atoms with Crippen LogP contribution in [0.1, 0.15) is 47.7 Å². The standard InChI is InChI=1S/C22H26FN5O3/c1-3-13-4-5-14-10-25-22(26-18-9-17(23)16(19(24)29)8-12(18)2)27-20(14)28(21(13)30)15-6-7-31-11-15/h8-10,13,15H,3-7,11H2,1-2H3,(H2,24,29)(H,25,26,27). The first-order valence-electron chi connectivity index (χ1n) is 10.5. The Bertz CT molecular complexity index is 1020. The molecule has 2 aliphatic rings. The molecular formula is C22H26FN5O3. The number of hydrogen-bond donors (Lipinski definition) is 2. The number of ether oxygens (including phenoxy) is 1. The minimum Gasteiger partial charge on any atom is -0.379 e. The van der Waals surface area contributed by atoms with Crippen molar-refractivity contribution in [3.05, 3.63) is 40.8 Å². The molecule has 8 nitrogen and oxygen atoms in total. The smallest absolute Gasteiger partial charge is 0.251 e. The van der Waals surface area contributed by atoms with Crippen molar-refractivity contribution in [1.82, 2.24) is 9.97 Å². The molecule has 0 saturated carbocycles. The van der Waals surface area contributed by atoms with Gasteiger partial charge in [-0.15, -0.1) is 0 Å². The molecule has 2 amide bonds. The minimum atomic E-state index is -0.827. The third-order valence-electron chi connectivity index (χ3n) is 6.01. The summed E-state index contributed by atoms with van der Waals surface area (Å²) in [5.41, 5.74) is 7.00. The van der Waals surface area contributed by atoms with Gasteiger partial charge in [-0.25, -0.2) is 9.37 Å². The van der Waals surface area contributed by atoms with Crippen molar-refractivity contribution in [2.24, 2.45) is 11.7 Å². The summed E-state index contributed by atoms with van der Waals surface area (Å²) >= 11 is 0. The lowest BCUT2D eigenvalue weighted by atomic mass is 9.98. The number of carbonyl (C=O) groups is 2. The van der Waals surface area contributed by atoms with Crippen LogP contribution in [-0.2, 0) is 16.0 Å². The van der Waals surface area contributed by atoms with Crippen molar-refractivity contribution < 1.29 is 18.7 Å². The van der Waals surface area contributed by atoms with Gasteiger partial charge in [0.05, 0.1) is 18.2 Å². The zero-order valence-corrected chi connectivity index (χ0v) is 17.7. The maximum atomic E-state index is 14.3. The van der Waals surface area contributed by atoms with Crippen LogP contribution < -0.4 is 16.0 Å². The molecule has 0 aliphatic carbocycles. The molecule has 2 aromatic rings. The Hall–Kier alpha value is -3.07. The molecule has 1 saturated heterocycles. The van der Waals surface area contributed by atoms with E-state index in [9.17, 15) is 14.0 Å². The van der Waals surface area contributed by atoms with E-state index in [2.05, 4.69) is 15.3 Å². The highest BCUT2D eigenvalue weighted by atomic mass is 19.1. The van der Waals surface area contributed by atoms with E-state index in [0.717, 1.165) is 24.8 Å². The highest BCUT2D eigenvalue weighted by Crippen LogP contribution is 2.33. The van der Waals surface area contributed by atoms with Crippen LogP contribution >= 0.6 is 0 Å². The summed E-state index contributed by atoms with van der Waals surface area (Å²) in [4.78, 5) is 35.5. The van der Waals surface area contributed by atoms with E-state index in [1.54, 1.807) is 18.0 Å². The number of nitrogens with zero attached hydrogens (tertiary/aromatic N) is 3. The highest BCUT2D eigenvalue weighted by molar-refractivity contribution is 5.96. The predicted molar refractivity (Wildman–Crippen MR) is 114 cm³/mol. The molecule has 0 spiro atoms. The third kappa shape index (κ3) is 4.10. The zero-order valence-electron chi connectivity index (χ0n) is 17.7. The summed E-state index contributed by atoms with van der Waals surface area (Å²) in [5.74, 6) is -0.716. The van der Waals surface area contributed by atoms with E-state index in [1.165, 1.54) is 12.1 Å². The van der Waals surface area contributed by atoms with Crippen LogP contribution in [0, 0.1) is 18.7 Å². The number of carbonyl (C=O) groups excluding carboxylic acids is 2. The first-order chi connectivity index (χ1) is 14.9. The number of nitrogens with two attached hydrogens (primary N) is 1. The summed E-state index contributed by atoms with van der Waals surface area (Å²) in [6, 6.07) is 2.53. The van der Waals surface area contributed by atoms with Gasteiger partial charge in [0.25, 0.3) is 5.91 Å². The molecule has 164 valence electrons. The van der Waals surface area contributed by atoms with E-state index in [4.69, 9.17) is 10.5 Å². The quantitative estimate of drug-likeness (QED) is 0.759. The summed E-state index contributed by atoms with van der Waals surface area (Å²) in [6.45, 7) is 4.84. The third-order valence-corrected chi connectivity index (χ3v) is 6.01. The topological polar surface area (TPSA) is 110 Å². The molecule has 1 aromatic carbocycles. The molecule has 0 bridgehead atoms. The number of halogens is 1. The van der Waals surface area contributed by atoms with E-state index in [1.807, 2.05) is 6.92 Å². The molecule has 3 heterocycles. The number of aryl methyl sites for hydroxylation is 2. The first-order valence-corrected chi connectivity index (χ1v) is 10.5. The minimum absolute atomic E-state index is 0.0600. The normalized spacial score (nSPS) is 21.0. The second kappa shape index (κ2) is 8.58. The number of primary amides is 1. The fraction of sp³-hybridized carbons (Fsp3) is 0.455. The zero-order chi connectivity index (χ0) is 22.1. The van der Waals surface area contributed by atoms with Crippen LogP contribution in [0.25, 0.3) is 0 Å². The van der Waals surface area contributed by atoms with Gasteiger partial charge in [-0.2, -0.15) is 4.98 Å². The van der Waals surface area contributed by atoms with Crippen LogP contribution in [-0.4, -0.2) is 41.0 Å². The maximum absolute atomic E-state index is 14.3. The number of fused-ring (bicyclic) bond motifs is 1. The average Bonchev–Trinajstić information content (AvgIpc) is 3.22. The summed E-state index contributed by atoms with van der Waals surface area (Å²) in [5, 5.41) is 3.02. The number of amides is 2. The molecule has 1 aromatic heterocycles. The van der Waals surface area contributed by atoms with Gasteiger partial charge in [0.2, 0.25) is 11.9 Å². The van der Waals surface area contributed by atoms with Crippen LogP contribution in [0.15, 0.2) is 18.3 Å². The van der Waals surface area contributed by atoms with Crippen LogP contribution in [0.5, 0.6) is 0 Å². The molecule has 2 atom stereocenters. The number of hydrogen-bond acceptors (Lipinski definition) is 6. The molecule has 3 N–H and O–H groups in total. The molecule has 4 rings (SSSR count). The number of anilines is 3. The number of nitrogens with one attached hydrogen (secondary N) is 1. The van der Waals surface area contributed by atoms with Gasteiger partial charge in [-0.1, -0.05) is 6.92 Å². The second-order valence-corrected chi connectivity index (χ2v) is 8.05. The van der Waals surface area contributed by atoms with E-state index < -0.39 is 11.7 Å². The van der Waals surface area contributed by atoms with Crippen molar-refractivity contribution in [1.29, 1.82) is 0 Å². The van der Waals surface area contributed by atoms with Gasteiger partial charge < -0.3 is 15.8 Å². The summed E-state index contributed by atoms with van der Waals surface area (Å²) in [6.07, 6.45) is 4.71. The SMILES string of the molecule is CCC1CCc2cnc(Nc3cc(F)c(C(N)=O)cc3C)nc2N(C2CCOC2)C1=O. The van der Waals surface area contributed by atoms with Crippen LogP contribution in [0.4, 0.5) is 21.8 Å². The van der Waals surface area contributed by atoms with Gasteiger partial charge in [-0.3, -0.25) is 14.5 Å². The summed E-state index contributed by atoms with van der Waals surface area (Å²) < 4.78 is 19.8. The fourth-order valence-corrected chi connectivity index (χ4v) is 4.18. The Balaban J connectivity index is 1.70. The van der Waals surface area contributed by atoms with Crippen LogP contribution in [0.2, 0.25) is 0 Å². The maximum Gasteiger partial charge on any atom is 0.251 e. The van der Waals surface area contributed by atoms with Gasteiger partial charge in [0.1, 0.15) is 11.6 Å². The highest BCUT2D eigenvalue weighted by Gasteiger charge is 2.37. The Morgan fingerprint density at radius 3 is 2.87 bits per heavy atom. The molecule has 1 fully saturated rings. The Labute approximate surface area is 180 Å². The van der Waals surface area contributed by atoms with Gasteiger partial charge >= 0.3 is 0 Å². The Morgan fingerprint density at radius 1 is 1.39 bits per heavy atom. The second-order valence-electron chi connectivity index (χ2n) is 8.05. The molecular weight excluding hydrogens is 401 g/mol. The lowest BCUT2D eigenvalue weighted by Gasteiger charge is -2.29. The Kier molecular flexibility index (Phi) is 5.86. The van der Waals surface area contributed by atoms with Gasteiger partial charge in [0.15, 0.2) is 0 Å². The fourth-order valence-electron chi connectivity index (χ4n) is 4.18. The first kappa shape index (κ1) is 21.2. The van der Waals surface area contributed by atoms with E-state index in [-0.39, 0.29) is 29.4 Å².